The zero-order valence-corrected chi connectivity index (χ0v) is 18.0. The second kappa shape index (κ2) is 9.68. The highest BCUT2D eigenvalue weighted by molar-refractivity contribution is 5.87. The van der Waals surface area contributed by atoms with E-state index in [9.17, 15) is 14.0 Å². The molecular formula is C24H31FN2O2. The van der Waals surface area contributed by atoms with Crippen molar-refractivity contribution >= 4 is 11.8 Å². The van der Waals surface area contributed by atoms with Crippen molar-refractivity contribution in [1.29, 1.82) is 0 Å². The molecule has 0 aliphatic rings. The Morgan fingerprint density at radius 3 is 2.28 bits per heavy atom. The minimum atomic E-state index is -0.709. The predicted molar refractivity (Wildman–Crippen MR) is 114 cm³/mol. The smallest absolute Gasteiger partial charge is 0.242 e. The maximum atomic E-state index is 14.2. The third-order valence-corrected chi connectivity index (χ3v) is 4.71. The van der Waals surface area contributed by atoms with E-state index in [-0.39, 0.29) is 30.6 Å². The summed E-state index contributed by atoms with van der Waals surface area (Å²) in [6.45, 7) is 9.42. The molecule has 2 aromatic carbocycles. The van der Waals surface area contributed by atoms with E-state index in [4.69, 9.17) is 0 Å². The van der Waals surface area contributed by atoms with Crippen molar-refractivity contribution in [2.24, 2.45) is 0 Å². The van der Waals surface area contributed by atoms with Crippen molar-refractivity contribution in [3.05, 3.63) is 71.0 Å². The highest BCUT2D eigenvalue weighted by Gasteiger charge is 2.28. The van der Waals surface area contributed by atoms with Gasteiger partial charge in [0.25, 0.3) is 0 Å². The average molecular weight is 399 g/mol. The van der Waals surface area contributed by atoms with E-state index in [0.717, 1.165) is 11.1 Å². The molecule has 1 atom stereocenters. The molecule has 1 N–H and O–H groups in total. The first-order valence-electron chi connectivity index (χ1n) is 9.97. The van der Waals surface area contributed by atoms with Crippen LogP contribution in [0.5, 0.6) is 0 Å². The molecule has 2 aromatic rings. The van der Waals surface area contributed by atoms with Crippen LogP contribution in [-0.2, 0) is 22.6 Å². The van der Waals surface area contributed by atoms with Crippen LogP contribution >= 0.6 is 0 Å². The lowest BCUT2D eigenvalue weighted by Crippen LogP contribution is -2.52. The van der Waals surface area contributed by atoms with Crippen LogP contribution in [0.3, 0.4) is 0 Å². The minimum Gasteiger partial charge on any atom is -0.350 e. The van der Waals surface area contributed by atoms with E-state index >= 15 is 0 Å². The highest BCUT2D eigenvalue weighted by atomic mass is 19.1. The Kier molecular flexibility index (Phi) is 7.54. The molecule has 2 rings (SSSR count). The summed E-state index contributed by atoms with van der Waals surface area (Å²) in [7, 11) is 0. The second-order valence-electron chi connectivity index (χ2n) is 8.51. The Bertz CT molecular complexity index is 841. The summed E-state index contributed by atoms with van der Waals surface area (Å²) in [6.07, 6.45) is 0.825. The zero-order chi connectivity index (χ0) is 21.6. The summed E-state index contributed by atoms with van der Waals surface area (Å²) >= 11 is 0. The first-order valence-corrected chi connectivity index (χ1v) is 9.97. The number of hydrogen-bond donors (Lipinski definition) is 1. The lowest BCUT2D eigenvalue weighted by Gasteiger charge is -2.31. The molecule has 0 aromatic heterocycles. The number of nitrogens with zero attached hydrogens (tertiary/aromatic N) is 1. The number of benzene rings is 2. The molecule has 0 saturated heterocycles. The molecule has 29 heavy (non-hydrogen) atoms. The van der Waals surface area contributed by atoms with Gasteiger partial charge in [-0.1, -0.05) is 48.0 Å². The Morgan fingerprint density at radius 1 is 1.07 bits per heavy atom. The van der Waals surface area contributed by atoms with Gasteiger partial charge in [0.15, 0.2) is 0 Å². The molecular weight excluding hydrogens is 367 g/mol. The summed E-state index contributed by atoms with van der Waals surface area (Å²) in [5.74, 6) is -0.810. The van der Waals surface area contributed by atoms with Gasteiger partial charge in [-0.2, -0.15) is 0 Å². The normalized spacial score (nSPS) is 12.3. The fourth-order valence-electron chi connectivity index (χ4n) is 3.02. The zero-order valence-electron chi connectivity index (χ0n) is 18.0. The lowest BCUT2D eigenvalue weighted by atomic mass is 10.1. The van der Waals surface area contributed by atoms with Gasteiger partial charge in [0.1, 0.15) is 11.9 Å². The number of amides is 2. The van der Waals surface area contributed by atoms with Crippen molar-refractivity contribution in [3.8, 4) is 0 Å². The van der Waals surface area contributed by atoms with Gasteiger partial charge in [-0.25, -0.2) is 4.39 Å². The van der Waals surface area contributed by atoms with Gasteiger partial charge in [-0.15, -0.1) is 0 Å². The molecule has 0 unspecified atom stereocenters. The van der Waals surface area contributed by atoms with Crippen molar-refractivity contribution < 1.29 is 14.0 Å². The van der Waals surface area contributed by atoms with Gasteiger partial charge in [0.05, 0.1) is 0 Å². The minimum absolute atomic E-state index is 0.0537. The number of rotatable bonds is 7. The van der Waals surface area contributed by atoms with Gasteiger partial charge in [0.2, 0.25) is 11.8 Å². The number of carbonyl (C=O) groups is 2. The molecule has 0 saturated carbocycles. The topological polar surface area (TPSA) is 49.4 Å². The number of hydrogen-bond acceptors (Lipinski definition) is 2. The second-order valence-corrected chi connectivity index (χ2v) is 8.51. The monoisotopic (exact) mass is 398 g/mol. The molecule has 0 bridgehead atoms. The van der Waals surface area contributed by atoms with Crippen molar-refractivity contribution in [1.82, 2.24) is 10.2 Å². The summed E-state index contributed by atoms with van der Waals surface area (Å²) in [4.78, 5) is 27.2. The largest absolute Gasteiger partial charge is 0.350 e. The summed E-state index contributed by atoms with van der Waals surface area (Å²) in [6, 6.07) is 13.7. The highest BCUT2D eigenvalue weighted by Crippen LogP contribution is 2.16. The fourth-order valence-corrected chi connectivity index (χ4v) is 3.02. The molecule has 156 valence electrons. The van der Waals surface area contributed by atoms with E-state index in [0.29, 0.717) is 12.0 Å². The number of carbonyl (C=O) groups excluding carboxylic acids is 2. The molecule has 4 nitrogen and oxygen atoms in total. The standard InChI is InChI=1S/C24H31FN2O2/c1-17-10-12-19(13-11-17)14-15-22(28)27(16-20-8-6-7-9-21(20)25)18(2)23(29)26-24(3,4)5/h6-13,18H,14-16H2,1-5H3,(H,26,29)/t18-/m0/s1. The maximum Gasteiger partial charge on any atom is 0.242 e. The molecule has 0 heterocycles. The van der Waals surface area contributed by atoms with Crippen LogP contribution in [0.15, 0.2) is 48.5 Å². The maximum absolute atomic E-state index is 14.2. The molecule has 0 aliphatic carbocycles. The van der Waals surface area contributed by atoms with Crippen LogP contribution in [0.4, 0.5) is 4.39 Å². The van der Waals surface area contributed by atoms with E-state index in [1.165, 1.54) is 11.0 Å². The van der Waals surface area contributed by atoms with Crippen molar-refractivity contribution in [3.63, 3.8) is 0 Å². The third-order valence-electron chi connectivity index (χ3n) is 4.71. The Labute approximate surface area is 173 Å². The quantitative estimate of drug-likeness (QED) is 0.752. The Balaban J connectivity index is 2.18. The third kappa shape index (κ3) is 7.00. The van der Waals surface area contributed by atoms with Crippen molar-refractivity contribution in [2.75, 3.05) is 0 Å². The van der Waals surface area contributed by atoms with E-state index in [1.54, 1.807) is 25.1 Å². The summed E-state index contributed by atoms with van der Waals surface area (Å²) < 4.78 is 14.2. The van der Waals surface area contributed by atoms with Gasteiger partial charge in [0, 0.05) is 24.1 Å². The van der Waals surface area contributed by atoms with Crippen LogP contribution in [0.25, 0.3) is 0 Å². The number of nitrogens with one attached hydrogen (secondary N) is 1. The van der Waals surface area contributed by atoms with Crippen LogP contribution in [-0.4, -0.2) is 28.3 Å². The van der Waals surface area contributed by atoms with E-state index < -0.39 is 11.6 Å². The number of aryl methyl sites for hydroxylation is 2. The molecule has 0 spiro atoms. The first kappa shape index (κ1) is 22.6. The molecule has 0 aliphatic heterocycles. The van der Waals surface area contributed by atoms with Crippen LogP contribution in [0.2, 0.25) is 0 Å². The van der Waals surface area contributed by atoms with Gasteiger partial charge in [-0.3, -0.25) is 9.59 Å². The van der Waals surface area contributed by atoms with Crippen LogP contribution in [0, 0.1) is 12.7 Å². The fraction of sp³-hybridized carbons (Fsp3) is 0.417. The molecule has 0 radical (unpaired) electrons. The Hall–Kier alpha value is -2.69. The van der Waals surface area contributed by atoms with Gasteiger partial charge >= 0.3 is 0 Å². The van der Waals surface area contributed by atoms with Crippen LogP contribution in [0.1, 0.15) is 50.8 Å². The molecule has 5 heteroatoms. The van der Waals surface area contributed by atoms with Crippen molar-refractivity contribution in [2.45, 2.75) is 65.6 Å². The molecule has 0 fully saturated rings. The summed E-state index contributed by atoms with van der Waals surface area (Å²) in [5, 5.41) is 2.91. The van der Waals surface area contributed by atoms with Gasteiger partial charge < -0.3 is 10.2 Å². The van der Waals surface area contributed by atoms with E-state index in [1.807, 2.05) is 52.0 Å². The SMILES string of the molecule is Cc1ccc(CCC(=O)N(Cc2ccccc2F)[C@@H](C)C(=O)NC(C)(C)C)cc1. The first-order chi connectivity index (χ1) is 13.6. The van der Waals surface area contributed by atoms with Crippen LogP contribution < -0.4 is 5.32 Å². The number of halogens is 1. The molecule has 2 amide bonds. The van der Waals surface area contributed by atoms with E-state index in [2.05, 4.69) is 5.32 Å². The average Bonchev–Trinajstić information content (AvgIpc) is 2.65. The Morgan fingerprint density at radius 2 is 1.69 bits per heavy atom. The van der Waals surface area contributed by atoms with Gasteiger partial charge in [-0.05, 0) is 52.7 Å². The predicted octanol–water partition coefficient (Wildman–Crippen LogP) is 4.40. The summed E-state index contributed by atoms with van der Waals surface area (Å²) in [5.41, 5.74) is 2.20. The lowest BCUT2D eigenvalue weighted by molar-refractivity contribution is -0.141.